The van der Waals surface area contributed by atoms with Gasteiger partial charge in [0.25, 0.3) is 0 Å². The van der Waals surface area contributed by atoms with E-state index in [2.05, 4.69) is 16.8 Å². The van der Waals surface area contributed by atoms with Gasteiger partial charge in [-0.25, -0.2) is 4.39 Å². The fraction of sp³-hybridized carbons (Fsp3) is 0.562. The van der Waals surface area contributed by atoms with Crippen molar-refractivity contribution < 1.29 is 4.39 Å². The van der Waals surface area contributed by atoms with Crippen molar-refractivity contribution in [1.82, 2.24) is 4.90 Å². The summed E-state index contributed by atoms with van der Waals surface area (Å²) >= 11 is 4.90. The van der Waals surface area contributed by atoms with Crippen LogP contribution >= 0.6 is 12.2 Å². The van der Waals surface area contributed by atoms with Crippen LogP contribution in [0.25, 0.3) is 0 Å². The fourth-order valence-corrected chi connectivity index (χ4v) is 3.91. The zero-order valence-corrected chi connectivity index (χ0v) is 13.2. The first-order chi connectivity index (χ1) is 10.1. The van der Waals surface area contributed by atoms with Gasteiger partial charge in [-0.3, -0.25) is 0 Å². The standard InChI is InChI=1S/C16H22FN3S/c1-19-7-2-3-12-10-20(8-6-14(12)19)15-5-4-11(16(18)21)9-13(15)17/h4-5,9,12,14H,2-3,6-8,10H2,1H3,(H2,18,21). The summed E-state index contributed by atoms with van der Waals surface area (Å²) in [6.07, 6.45) is 3.60. The maximum atomic E-state index is 14.3. The molecule has 2 fully saturated rings. The lowest BCUT2D eigenvalue weighted by atomic mass is 9.84. The van der Waals surface area contributed by atoms with E-state index in [0.717, 1.165) is 19.5 Å². The number of nitrogens with two attached hydrogens (primary N) is 1. The minimum atomic E-state index is -0.220. The molecule has 2 N–H and O–H groups in total. The zero-order valence-electron chi connectivity index (χ0n) is 12.4. The minimum Gasteiger partial charge on any atom is -0.389 e. The van der Waals surface area contributed by atoms with Crippen molar-refractivity contribution in [3.05, 3.63) is 29.6 Å². The number of benzene rings is 1. The van der Waals surface area contributed by atoms with Crippen molar-refractivity contribution in [3.8, 4) is 0 Å². The Bertz CT molecular complexity index is 548. The smallest absolute Gasteiger partial charge is 0.147 e. The molecular weight excluding hydrogens is 285 g/mol. The Morgan fingerprint density at radius 1 is 1.33 bits per heavy atom. The molecule has 114 valence electrons. The summed E-state index contributed by atoms with van der Waals surface area (Å²) in [7, 11) is 2.21. The topological polar surface area (TPSA) is 32.5 Å². The summed E-state index contributed by atoms with van der Waals surface area (Å²) in [6, 6.07) is 5.75. The second kappa shape index (κ2) is 5.89. The molecule has 0 spiro atoms. The van der Waals surface area contributed by atoms with Gasteiger partial charge < -0.3 is 15.5 Å². The van der Waals surface area contributed by atoms with E-state index in [9.17, 15) is 4.39 Å². The van der Waals surface area contributed by atoms with Crippen LogP contribution in [0.3, 0.4) is 0 Å². The van der Waals surface area contributed by atoms with Crippen LogP contribution in [0.1, 0.15) is 24.8 Å². The highest BCUT2D eigenvalue weighted by Gasteiger charge is 2.34. The number of rotatable bonds is 2. The Balaban J connectivity index is 1.78. The lowest BCUT2D eigenvalue weighted by Crippen LogP contribution is -2.52. The third-order valence-electron chi connectivity index (χ3n) is 4.92. The lowest BCUT2D eigenvalue weighted by molar-refractivity contribution is 0.102. The summed E-state index contributed by atoms with van der Waals surface area (Å²) in [4.78, 5) is 4.89. The third kappa shape index (κ3) is 2.90. The molecule has 21 heavy (non-hydrogen) atoms. The second-order valence-corrected chi connectivity index (χ2v) is 6.66. The highest BCUT2D eigenvalue weighted by Crippen LogP contribution is 2.33. The first-order valence-electron chi connectivity index (χ1n) is 7.61. The fourth-order valence-electron chi connectivity index (χ4n) is 3.79. The molecule has 0 saturated carbocycles. The largest absolute Gasteiger partial charge is 0.389 e. The molecule has 2 unspecified atom stereocenters. The van der Waals surface area contributed by atoms with Crippen molar-refractivity contribution in [2.45, 2.75) is 25.3 Å². The number of halogens is 1. The van der Waals surface area contributed by atoms with Crippen LogP contribution in [0, 0.1) is 11.7 Å². The number of hydrogen-bond donors (Lipinski definition) is 1. The number of piperidine rings is 2. The molecule has 0 aliphatic carbocycles. The number of likely N-dealkylation sites (tertiary alicyclic amines) is 1. The van der Waals surface area contributed by atoms with Gasteiger partial charge in [0, 0.05) is 24.7 Å². The van der Waals surface area contributed by atoms with Crippen LogP contribution in [0.4, 0.5) is 10.1 Å². The van der Waals surface area contributed by atoms with Gasteiger partial charge in [-0.2, -0.15) is 0 Å². The van der Waals surface area contributed by atoms with Crippen LogP contribution in [0.5, 0.6) is 0 Å². The molecule has 5 heteroatoms. The monoisotopic (exact) mass is 307 g/mol. The van der Waals surface area contributed by atoms with E-state index < -0.39 is 0 Å². The minimum absolute atomic E-state index is 0.220. The van der Waals surface area contributed by atoms with E-state index in [0.29, 0.717) is 23.2 Å². The molecule has 0 radical (unpaired) electrons. The summed E-state index contributed by atoms with van der Waals surface area (Å²) in [5.74, 6) is 0.426. The highest BCUT2D eigenvalue weighted by atomic mass is 32.1. The SMILES string of the molecule is CN1CCCC2CN(c3ccc(C(N)=S)cc3F)CCC21. The third-order valence-corrected chi connectivity index (χ3v) is 5.15. The molecule has 0 bridgehead atoms. The van der Waals surface area contributed by atoms with Gasteiger partial charge in [-0.1, -0.05) is 12.2 Å². The van der Waals surface area contributed by atoms with Crippen molar-refractivity contribution in [1.29, 1.82) is 0 Å². The second-order valence-electron chi connectivity index (χ2n) is 6.22. The van der Waals surface area contributed by atoms with Crippen LogP contribution < -0.4 is 10.6 Å². The van der Waals surface area contributed by atoms with Crippen LogP contribution in [-0.4, -0.2) is 42.6 Å². The Hall–Kier alpha value is -1.20. The quantitative estimate of drug-likeness (QED) is 0.850. The lowest BCUT2D eigenvalue weighted by Gasteiger charge is -2.46. The normalized spacial score (nSPS) is 26.5. The van der Waals surface area contributed by atoms with Gasteiger partial charge >= 0.3 is 0 Å². The van der Waals surface area contributed by atoms with Crippen LogP contribution in [-0.2, 0) is 0 Å². The van der Waals surface area contributed by atoms with Crippen molar-refractivity contribution in [3.63, 3.8) is 0 Å². The van der Waals surface area contributed by atoms with Gasteiger partial charge in [-0.15, -0.1) is 0 Å². The molecule has 1 aromatic rings. The highest BCUT2D eigenvalue weighted by molar-refractivity contribution is 7.80. The van der Waals surface area contributed by atoms with Crippen molar-refractivity contribution in [2.24, 2.45) is 11.7 Å². The average Bonchev–Trinajstić information content (AvgIpc) is 2.47. The maximum absolute atomic E-state index is 14.3. The first kappa shape index (κ1) is 14.7. The van der Waals surface area contributed by atoms with Gasteiger partial charge in [-0.05, 0) is 57.0 Å². The molecule has 2 heterocycles. The van der Waals surface area contributed by atoms with E-state index in [4.69, 9.17) is 18.0 Å². The number of hydrogen-bond acceptors (Lipinski definition) is 3. The predicted molar refractivity (Wildman–Crippen MR) is 88.3 cm³/mol. The Morgan fingerprint density at radius 3 is 2.86 bits per heavy atom. The van der Waals surface area contributed by atoms with Crippen molar-refractivity contribution >= 4 is 22.9 Å². The molecule has 0 amide bonds. The summed E-state index contributed by atoms with van der Waals surface area (Å²) in [5.41, 5.74) is 6.84. The van der Waals surface area contributed by atoms with E-state index in [-0.39, 0.29) is 10.8 Å². The summed E-state index contributed by atoms with van der Waals surface area (Å²) in [5, 5.41) is 0. The van der Waals surface area contributed by atoms with Gasteiger partial charge in [0.2, 0.25) is 0 Å². The number of nitrogens with zero attached hydrogens (tertiary/aromatic N) is 2. The molecule has 2 saturated heterocycles. The molecule has 2 aliphatic rings. The molecule has 2 atom stereocenters. The summed E-state index contributed by atoms with van der Waals surface area (Å²) in [6.45, 7) is 3.05. The predicted octanol–water partition coefficient (Wildman–Crippen LogP) is 2.38. The number of fused-ring (bicyclic) bond motifs is 1. The molecule has 2 aliphatic heterocycles. The van der Waals surface area contributed by atoms with Gasteiger partial charge in [0.05, 0.1) is 5.69 Å². The van der Waals surface area contributed by atoms with E-state index >= 15 is 0 Å². The molecule has 3 rings (SSSR count). The van der Waals surface area contributed by atoms with Crippen molar-refractivity contribution in [2.75, 3.05) is 31.6 Å². The zero-order chi connectivity index (χ0) is 15.0. The van der Waals surface area contributed by atoms with E-state index in [1.54, 1.807) is 0 Å². The maximum Gasteiger partial charge on any atom is 0.147 e. The van der Waals surface area contributed by atoms with E-state index in [1.165, 1.54) is 25.5 Å². The van der Waals surface area contributed by atoms with Crippen LogP contribution in [0.2, 0.25) is 0 Å². The summed E-state index contributed by atoms with van der Waals surface area (Å²) < 4.78 is 14.3. The van der Waals surface area contributed by atoms with Gasteiger partial charge in [0.15, 0.2) is 0 Å². The van der Waals surface area contributed by atoms with Gasteiger partial charge in [0.1, 0.15) is 10.8 Å². The molecule has 3 nitrogen and oxygen atoms in total. The average molecular weight is 307 g/mol. The molecular formula is C16H22FN3S. The Labute approximate surface area is 130 Å². The Kier molecular flexibility index (Phi) is 4.13. The van der Waals surface area contributed by atoms with E-state index in [1.807, 2.05) is 12.1 Å². The first-order valence-corrected chi connectivity index (χ1v) is 8.01. The van der Waals surface area contributed by atoms with Crippen LogP contribution in [0.15, 0.2) is 18.2 Å². The number of anilines is 1. The molecule has 1 aromatic carbocycles. The Morgan fingerprint density at radius 2 is 2.14 bits per heavy atom. The number of thiocarbonyl (C=S) groups is 1. The molecule has 0 aromatic heterocycles.